The topological polar surface area (TPSA) is 108 Å². The Morgan fingerprint density at radius 1 is 1.21 bits per heavy atom. The molecule has 1 aromatic carbocycles. The summed E-state index contributed by atoms with van der Waals surface area (Å²) in [5.74, 6) is -0.190. The molecule has 33 heavy (non-hydrogen) atoms. The predicted octanol–water partition coefficient (Wildman–Crippen LogP) is 2.41. The molecule has 2 aliphatic heterocycles. The number of rotatable bonds is 4. The van der Waals surface area contributed by atoms with Crippen molar-refractivity contribution in [2.24, 2.45) is 0 Å². The highest BCUT2D eigenvalue weighted by atomic mass is 35.5. The van der Waals surface area contributed by atoms with Crippen molar-refractivity contribution in [3.63, 3.8) is 0 Å². The molecule has 2 aromatic heterocycles. The fourth-order valence-corrected chi connectivity index (χ4v) is 5.46. The summed E-state index contributed by atoms with van der Waals surface area (Å²) in [6, 6.07) is 8.59. The van der Waals surface area contributed by atoms with E-state index in [0.29, 0.717) is 17.0 Å². The van der Waals surface area contributed by atoms with E-state index in [1.807, 2.05) is 20.9 Å². The van der Waals surface area contributed by atoms with Crippen LogP contribution in [0.25, 0.3) is 11.2 Å². The Morgan fingerprint density at radius 2 is 2.00 bits per heavy atom. The molecule has 0 spiro atoms. The van der Waals surface area contributed by atoms with Gasteiger partial charge in [0.1, 0.15) is 18.3 Å². The lowest BCUT2D eigenvalue weighted by atomic mass is 10.1. The van der Waals surface area contributed by atoms with Crippen molar-refractivity contribution in [1.29, 1.82) is 0 Å². The van der Waals surface area contributed by atoms with Crippen LogP contribution in [0.1, 0.15) is 43.7 Å². The van der Waals surface area contributed by atoms with Crippen LogP contribution < -0.4 is 4.90 Å². The third-order valence-corrected chi connectivity index (χ3v) is 6.90. The molecule has 0 unspecified atom stereocenters. The summed E-state index contributed by atoms with van der Waals surface area (Å²) >= 11 is 6.37. The molecule has 174 valence electrons. The Kier molecular flexibility index (Phi) is 4.86. The normalized spacial score (nSPS) is 30.0. The second-order valence-electron chi connectivity index (χ2n) is 9.20. The number of anilines is 1. The van der Waals surface area contributed by atoms with E-state index in [1.54, 1.807) is 4.68 Å². The molecule has 2 saturated heterocycles. The van der Waals surface area contributed by atoms with Crippen LogP contribution in [-0.4, -0.2) is 67.8 Å². The van der Waals surface area contributed by atoms with Crippen molar-refractivity contribution in [2.45, 2.75) is 63.1 Å². The lowest BCUT2D eigenvalue weighted by molar-refractivity contribution is -0.201. The maximum Gasteiger partial charge on any atom is 0.226 e. The molecule has 1 aliphatic carbocycles. The minimum absolute atomic E-state index is 0.0938. The van der Waals surface area contributed by atoms with E-state index in [2.05, 4.69) is 49.4 Å². The van der Waals surface area contributed by atoms with E-state index < -0.39 is 30.3 Å². The van der Waals surface area contributed by atoms with E-state index in [9.17, 15) is 5.11 Å². The van der Waals surface area contributed by atoms with Crippen LogP contribution in [0.2, 0.25) is 5.28 Å². The summed E-state index contributed by atoms with van der Waals surface area (Å²) < 4.78 is 19.7. The standard InChI is InChI=1S/C22H25ClN6O4/c1-22(2)32-16-14(10-30)31-20(17(16)33-22)29-19-15(26-27-29)18(24-21(23)25-19)28(3)13-9-8-11-6-4-5-7-12(11)13/h4-7,13-14,16-17,20,30H,8-10H2,1-3H3/t13-,14+,16+,17+,20+/m0/s1. The first-order valence-electron chi connectivity index (χ1n) is 11.1. The van der Waals surface area contributed by atoms with Gasteiger partial charge in [-0.25, -0.2) is 0 Å². The smallest absolute Gasteiger partial charge is 0.226 e. The van der Waals surface area contributed by atoms with Gasteiger partial charge in [-0.2, -0.15) is 14.6 Å². The molecule has 0 amide bonds. The molecule has 2 fully saturated rings. The second kappa shape index (κ2) is 7.57. The summed E-state index contributed by atoms with van der Waals surface area (Å²) in [6.07, 6.45) is -0.136. The highest BCUT2D eigenvalue weighted by molar-refractivity contribution is 6.28. The zero-order valence-corrected chi connectivity index (χ0v) is 19.3. The molecule has 10 nitrogen and oxygen atoms in total. The van der Waals surface area contributed by atoms with Crippen LogP contribution in [0.3, 0.4) is 0 Å². The van der Waals surface area contributed by atoms with Crippen LogP contribution in [0.4, 0.5) is 5.82 Å². The summed E-state index contributed by atoms with van der Waals surface area (Å²) in [6.45, 7) is 3.47. The first-order chi connectivity index (χ1) is 15.9. The van der Waals surface area contributed by atoms with Gasteiger partial charge >= 0.3 is 0 Å². The molecular formula is C22H25ClN6O4. The average Bonchev–Trinajstić information content (AvgIpc) is 3.53. The molecular weight excluding hydrogens is 448 g/mol. The van der Waals surface area contributed by atoms with Crippen LogP contribution in [-0.2, 0) is 20.6 Å². The molecule has 0 bridgehead atoms. The van der Waals surface area contributed by atoms with Gasteiger partial charge in [0.2, 0.25) is 5.28 Å². The molecule has 6 rings (SSSR count). The average molecular weight is 473 g/mol. The van der Waals surface area contributed by atoms with Crippen molar-refractivity contribution in [3.8, 4) is 0 Å². The maximum absolute atomic E-state index is 9.82. The first-order valence-corrected chi connectivity index (χ1v) is 11.4. The number of fused-ring (bicyclic) bond motifs is 3. The Balaban J connectivity index is 1.40. The number of hydrogen-bond donors (Lipinski definition) is 1. The Labute approximate surface area is 195 Å². The molecule has 5 atom stereocenters. The minimum atomic E-state index is -0.797. The lowest BCUT2D eigenvalue weighted by Gasteiger charge is -2.26. The number of aliphatic hydroxyl groups is 1. The number of hydrogen-bond acceptors (Lipinski definition) is 9. The monoisotopic (exact) mass is 472 g/mol. The zero-order chi connectivity index (χ0) is 22.9. The molecule has 3 aromatic rings. The van der Waals surface area contributed by atoms with Gasteiger partial charge in [-0.05, 0) is 49.4 Å². The number of ether oxygens (including phenoxy) is 3. The molecule has 4 heterocycles. The van der Waals surface area contributed by atoms with Crippen LogP contribution >= 0.6 is 11.6 Å². The number of aliphatic hydroxyl groups excluding tert-OH is 1. The van der Waals surface area contributed by atoms with Crippen LogP contribution in [0, 0.1) is 0 Å². The first kappa shape index (κ1) is 21.2. The molecule has 0 radical (unpaired) electrons. The van der Waals surface area contributed by atoms with Gasteiger partial charge in [0.15, 0.2) is 29.0 Å². The van der Waals surface area contributed by atoms with Gasteiger partial charge in [-0.3, -0.25) is 0 Å². The summed E-state index contributed by atoms with van der Waals surface area (Å²) in [7, 11) is 1.99. The van der Waals surface area contributed by atoms with Gasteiger partial charge in [0.25, 0.3) is 0 Å². The fraction of sp³-hybridized carbons (Fsp3) is 0.545. The summed E-state index contributed by atoms with van der Waals surface area (Å²) in [5.41, 5.74) is 3.59. The lowest BCUT2D eigenvalue weighted by Crippen LogP contribution is -2.31. The minimum Gasteiger partial charge on any atom is -0.394 e. The molecule has 11 heteroatoms. The van der Waals surface area contributed by atoms with E-state index >= 15 is 0 Å². The van der Waals surface area contributed by atoms with Gasteiger partial charge in [0.05, 0.1) is 12.6 Å². The maximum atomic E-state index is 9.82. The number of nitrogens with zero attached hydrogens (tertiary/aromatic N) is 6. The summed E-state index contributed by atoms with van der Waals surface area (Å²) in [5, 5.41) is 18.7. The quantitative estimate of drug-likeness (QED) is 0.572. The molecule has 0 saturated carbocycles. The van der Waals surface area contributed by atoms with Gasteiger partial charge in [-0.1, -0.05) is 29.5 Å². The molecule has 1 N–H and O–H groups in total. The van der Waals surface area contributed by atoms with Gasteiger partial charge in [0, 0.05) is 7.05 Å². The SMILES string of the molecule is CN(c1nc(Cl)nc2c1nnn2[C@@H]1O[C@H](CO)[C@H]2OC(C)(C)O[C@H]21)[C@H]1CCc2ccccc21. The van der Waals surface area contributed by atoms with Crippen molar-refractivity contribution in [2.75, 3.05) is 18.6 Å². The zero-order valence-electron chi connectivity index (χ0n) is 18.6. The van der Waals surface area contributed by atoms with Gasteiger partial charge in [-0.15, -0.1) is 5.10 Å². The summed E-state index contributed by atoms with van der Waals surface area (Å²) in [4.78, 5) is 11.0. The Hall–Kier alpha value is -2.37. The fourth-order valence-electron chi connectivity index (χ4n) is 5.29. The van der Waals surface area contributed by atoms with E-state index in [4.69, 9.17) is 25.8 Å². The van der Waals surface area contributed by atoms with Crippen molar-refractivity contribution >= 4 is 28.6 Å². The van der Waals surface area contributed by atoms with Crippen molar-refractivity contribution in [1.82, 2.24) is 25.0 Å². The number of halogens is 1. The Morgan fingerprint density at radius 3 is 2.82 bits per heavy atom. The third-order valence-electron chi connectivity index (χ3n) is 6.73. The largest absolute Gasteiger partial charge is 0.394 e. The highest BCUT2D eigenvalue weighted by Gasteiger charge is 2.56. The number of aryl methyl sites for hydroxylation is 1. The molecule has 3 aliphatic rings. The van der Waals surface area contributed by atoms with Crippen LogP contribution in [0.15, 0.2) is 24.3 Å². The van der Waals surface area contributed by atoms with E-state index in [-0.39, 0.29) is 17.9 Å². The van der Waals surface area contributed by atoms with Crippen LogP contribution in [0.5, 0.6) is 0 Å². The van der Waals surface area contributed by atoms with E-state index in [1.165, 1.54) is 11.1 Å². The Bertz CT molecular complexity index is 1220. The van der Waals surface area contributed by atoms with E-state index in [0.717, 1.165) is 12.8 Å². The van der Waals surface area contributed by atoms with Crippen molar-refractivity contribution < 1.29 is 19.3 Å². The van der Waals surface area contributed by atoms with Crippen molar-refractivity contribution in [3.05, 3.63) is 40.7 Å². The number of aromatic nitrogens is 5. The third kappa shape index (κ3) is 3.31. The second-order valence-corrected chi connectivity index (χ2v) is 9.54. The predicted molar refractivity (Wildman–Crippen MR) is 119 cm³/mol. The highest BCUT2D eigenvalue weighted by Crippen LogP contribution is 2.44. The number of benzene rings is 1. The van der Waals surface area contributed by atoms with Gasteiger partial charge < -0.3 is 24.2 Å².